The molecule has 2 N–H and O–H groups in total. The van der Waals surface area contributed by atoms with E-state index in [0.29, 0.717) is 24.0 Å². The van der Waals surface area contributed by atoms with Crippen LogP contribution in [0, 0.1) is 0 Å². The number of nitrogens with one attached hydrogen (secondary N) is 1. The van der Waals surface area contributed by atoms with Crippen LogP contribution in [0.15, 0.2) is 18.2 Å². The lowest BCUT2D eigenvalue weighted by atomic mass is 10.1. The number of aliphatic hydroxyl groups is 1. The number of ether oxygens (including phenoxy) is 1. The van der Waals surface area contributed by atoms with Crippen molar-refractivity contribution in [2.45, 2.75) is 52.3 Å². The minimum absolute atomic E-state index is 0.262. The van der Waals surface area contributed by atoms with Crippen molar-refractivity contribution < 1.29 is 9.84 Å². The molecule has 0 spiro atoms. The van der Waals surface area contributed by atoms with Crippen LogP contribution in [-0.2, 0) is 6.54 Å². The Labute approximate surface area is 120 Å². The summed E-state index contributed by atoms with van der Waals surface area (Å²) >= 11 is 6.21. The van der Waals surface area contributed by atoms with Gasteiger partial charge < -0.3 is 15.2 Å². The highest BCUT2D eigenvalue weighted by Gasteiger charge is 2.19. The molecule has 1 rings (SSSR count). The van der Waals surface area contributed by atoms with Crippen LogP contribution in [-0.4, -0.2) is 23.4 Å². The standard InChI is InChI=1S/C15H24ClNO2/c1-5-15(4,18)10-19-14-8-6-7-13(16)12(14)9-17-11(2)3/h6-8,11,17-18H,5,9-10H2,1-4H3. The quantitative estimate of drug-likeness (QED) is 0.807. The predicted molar refractivity (Wildman–Crippen MR) is 79.8 cm³/mol. The van der Waals surface area contributed by atoms with Gasteiger partial charge in [-0.05, 0) is 25.5 Å². The molecule has 0 amide bonds. The third-order valence-electron chi connectivity index (χ3n) is 3.06. The Morgan fingerprint density at radius 2 is 2.11 bits per heavy atom. The molecule has 0 aliphatic heterocycles. The van der Waals surface area contributed by atoms with Crippen molar-refractivity contribution in [3.8, 4) is 5.75 Å². The molecule has 0 bridgehead atoms. The highest BCUT2D eigenvalue weighted by Crippen LogP contribution is 2.27. The van der Waals surface area contributed by atoms with E-state index < -0.39 is 5.60 Å². The van der Waals surface area contributed by atoms with Gasteiger partial charge in [0.25, 0.3) is 0 Å². The molecule has 0 saturated carbocycles. The van der Waals surface area contributed by atoms with Gasteiger partial charge in [-0.1, -0.05) is 38.4 Å². The van der Waals surface area contributed by atoms with Gasteiger partial charge in [0, 0.05) is 23.2 Å². The van der Waals surface area contributed by atoms with Crippen molar-refractivity contribution in [1.29, 1.82) is 0 Å². The van der Waals surface area contributed by atoms with E-state index in [1.54, 1.807) is 6.92 Å². The molecular formula is C15H24ClNO2. The van der Waals surface area contributed by atoms with E-state index in [1.807, 2.05) is 25.1 Å². The Bertz CT molecular complexity index is 405. The van der Waals surface area contributed by atoms with Gasteiger partial charge >= 0.3 is 0 Å². The van der Waals surface area contributed by atoms with Gasteiger partial charge in [0.05, 0.1) is 5.60 Å². The van der Waals surface area contributed by atoms with Crippen LogP contribution in [0.4, 0.5) is 0 Å². The van der Waals surface area contributed by atoms with Gasteiger partial charge in [0.1, 0.15) is 12.4 Å². The van der Waals surface area contributed by atoms with Crippen molar-refractivity contribution in [2.75, 3.05) is 6.61 Å². The van der Waals surface area contributed by atoms with E-state index in [-0.39, 0.29) is 6.61 Å². The predicted octanol–water partition coefficient (Wildman–Crippen LogP) is 3.38. The minimum Gasteiger partial charge on any atom is -0.490 e. The molecule has 0 heterocycles. The van der Waals surface area contributed by atoms with E-state index in [4.69, 9.17) is 16.3 Å². The molecule has 0 aliphatic rings. The highest BCUT2D eigenvalue weighted by atomic mass is 35.5. The molecule has 4 heteroatoms. The van der Waals surface area contributed by atoms with E-state index in [9.17, 15) is 5.11 Å². The van der Waals surface area contributed by atoms with Crippen LogP contribution in [0.25, 0.3) is 0 Å². The number of benzene rings is 1. The lowest BCUT2D eigenvalue weighted by Gasteiger charge is -2.23. The average molecular weight is 286 g/mol. The van der Waals surface area contributed by atoms with Crippen molar-refractivity contribution in [3.05, 3.63) is 28.8 Å². The second-order valence-electron chi connectivity index (χ2n) is 5.39. The summed E-state index contributed by atoms with van der Waals surface area (Å²) in [6, 6.07) is 5.97. The third kappa shape index (κ3) is 5.39. The normalized spacial score (nSPS) is 14.5. The Hall–Kier alpha value is -0.770. The molecule has 1 unspecified atom stereocenters. The summed E-state index contributed by atoms with van der Waals surface area (Å²) in [5, 5.41) is 14.0. The first-order valence-corrected chi connectivity index (χ1v) is 7.09. The van der Waals surface area contributed by atoms with Crippen LogP contribution < -0.4 is 10.1 Å². The smallest absolute Gasteiger partial charge is 0.125 e. The summed E-state index contributed by atoms with van der Waals surface area (Å²) in [5.74, 6) is 0.731. The lowest BCUT2D eigenvalue weighted by Crippen LogP contribution is -2.31. The lowest BCUT2D eigenvalue weighted by molar-refractivity contribution is 0.00815. The van der Waals surface area contributed by atoms with Crippen LogP contribution in [0.2, 0.25) is 5.02 Å². The zero-order valence-electron chi connectivity index (χ0n) is 12.2. The molecule has 0 aliphatic carbocycles. The molecule has 0 radical (unpaired) electrons. The largest absolute Gasteiger partial charge is 0.490 e. The molecule has 108 valence electrons. The van der Waals surface area contributed by atoms with Gasteiger partial charge in [-0.25, -0.2) is 0 Å². The van der Waals surface area contributed by atoms with Gasteiger partial charge in [-0.2, -0.15) is 0 Å². The fourth-order valence-electron chi connectivity index (χ4n) is 1.49. The maximum absolute atomic E-state index is 9.99. The van der Waals surface area contributed by atoms with E-state index in [1.165, 1.54) is 0 Å². The first-order valence-electron chi connectivity index (χ1n) is 6.71. The summed E-state index contributed by atoms with van der Waals surface area (Å²) in [7, 11) is 0. The molecule has 1 aromatic rings. The number of halogens is 1. The topological polar surface area (TPSA) is 41.5 Å². The summed E-state index contributed by atoms with van der Waals surface area (Å²) in [4.78, 5) is 0. The monoisotopic (exact) mass is 285 g/mol. The highest BCUT2D eigenvalue weighted by molar-refractivity contribution is 6.31. The molecule has 3 nitrogen and oxygen atoms in total. The fraction of sp³-hybridized carbons (Fsp3) is 0.600. The van der Waals surface area contributed by atoms with Crippen molar-refractivity contribution in [1.82, 2.24) is 5.32 Å². The summed E-state index contributed by atoms with van der Waals surface area (Å²) < 4.78 is 5.73. The Morgan fingerprint density at radius 3 is 2.68 bits per heavy atom. The van der Waals surface area contributed by atoms with Crippen molar-refractivity contribution in [3.63, 3.8) is 0 Å². The third-order valence-corrected chi connectivity index (χ3v) is 3.42. The van der Waals surface area contributed by atoms with Gasteiger partial charge in [0.15, 0.2) is 0 Å². The Balaban J connectivity index is 2.79. The Kier molecular flexibility index (Phi) is 6.11. The molecule has 1 aromatic carbocycles. The Morgan fingerprint density at radius 1 is 1.42 bits per heavy atom. The van der Waals surface area contributed by atoms with Gasteiger partial charge in [-0.3, -0.25) is 0 Å². The maximum Gasteiger partial charge on any atom is 0.125 e. The first-order chi connectivity index (χ1) is 8.85. The van der Waals surface area contributed by atoms with E-state index in [2.05, 4.69) is 19.2 Å². The summed E-state index contributed by atoms with van der Waals surface area (Å²) in [6.45, 7) is 8.78. The molecule has 0 saturated heterocycles. The second-order valence-corrected chi connectivity index (χ2v) is 5.80. The van der Waals surface area contributed by atoms with Gasteiger partial charge in [-0.15, -0.1) is 0 Å². The van der Waals surface area contributed by atoms with Crippen LogP contribution >= 0.6 is 11.6 Å². The minimum atomic E-state index is -0.814. The number of hydrogen-bond donors (Lipinski definition) is 2. The average Bonchev–Trinajstić information content (AvgIpc) is 2.35. The number of rotatable bonds is 7. The summed E-state index contributed by atoms with van der Waals surface area (Å²) in [6.07, 6.45) is 0.646. The van der Waals surface area contributed by atoms with Crippen LogP contribution in [0.5, 0.6) is 5.75 Å². The van der Waals surface area contributed by atoms with Crippen LogP contribution in [0.3, 0.4) is 0 Å². The SMILES string of the molecule is CCC(C)(O)COc1cccc(Cl)c1CNC(C)C. The first kappa shape index (κ1) is 16.3. The summed E-state index contributed by atoms with van der Waals surface area (Å²) in [5.41, 5.74) is 0.121. The van der Waals surface area contributed by atoms with E-state index in [0.717, 1.165) is 11.3 Å². The molecular weight excluding hydrogens is 262 g/mol. The molecule has 19 heavy (non-hydrogen) atoms. The maximum atomic E-state index is 9.99. The second kappa shape index (κ2) is 7.13. The molecule has 0 fully saturated rings. The van der Waals surface area contributed by atoms with Gasteiger partial charge in [0.2, 0.25) is 0 Å². The fourth-order valence-corrected chi connectivity index (χ4v) is 1.72. The molecule has 0 aromatic heterocycles. The van der Waals surface area contributed by atoms with E-state index >= 15 is 0 Å². The zero-order valence-corrected chi connectivity index (χ0v) is 12.9. The zero-order chi connectivity index (χ0) is 14.5. The molecule has 1 atom stereocenters. The van der Waals surface area contributed by atoms with Crippen molar-refractivity contribution >= 4 is 11.6 Å². The van der Waals surface area contributed by atoms with Crippen LogP contribution in [0.1, 0.15) is 39.7 Å². The van der Waals surface area contributed by atoms with Crippen molar-refractivity contribution in [2.24, 2.45) is 0 Å². The number of hydrogen-bond acceptors (Lipinski definition) is 3.